The number of ketones is 2. The van der Waals surface area contributed by atoms with Gasteiger partial charge in [0.1, 0.15) is 5.75 Å². The molecule has 0 amide bonds. The summed E-state index contributed by atoms with van der Waals surface area (Å²) >= 11 is 0. The summed E-state index contributed by atoms with van der Waals surface area (Å²) in [6.07, 6.45) is 5.57. The zero-order chi connectivity index (χ0) is 28.5. The van der Waals surface area contributed by atoms with E-state index in [1.807, 2.05) is 48.5 Å². The molecule has 41 heavy (non-hydrogen) atoms. The van der Waals surface area contributed by atoms with Crippen LogP contribution in [0.15, 0.2) is 90.0 Å². The van der Waals surface area contributed by atoms with Crippen molar-refractivity contribution in [3.63, 3.8) is 0 Å². The van der Waals surface area contributed by atoms with E-state index in [0.29, 0.717) is 36.7 Å². The number of aromatic hydroxyl groups is 1. The minimum absolute atomic E-state index is 0.0144. The number of para-hydroxylation sites is 1. The molecule has 0 saturated carbocycles. The van der Waals surface area contributed by atoms with Crippen LogP contribution in [0, 0.1) is 17.8 Å². The number of phenols is 1. The Morgan fingerprint density at radius 3 is 2.34 bits per heavy atom. The summed E-state index contributed by atoms with van der Waals surface area (Å²) < 4.78 is 6.23. The number of carbonyl (C=O) groups is 2. The molecule has 3 aliphatic rings. The Morgan fingerprint density at radius 1 is 0.927 bits per heavy atom. The summed E-state index contributed by atoms with van der Waals surface area (Å²) in [6.45, 7) is 2.13. The van der Waals surface area contributed by atoms with Crippen LogP contribution in [0.1, 0.15) is 70.9 Å². The largest absolute Gasteiger partial charge is 0.507 e. The van der Waals surface area contributed by atoms with Crippen LogP contribution >= 0.6 is 0 Å². The van der Waals surface area contributed by atoms with Crippen molar-refractivity contribution in [2.75, 3.05) is 0 Å². The normalized spacial score (nSPS) is 24.1. The van der Waals surface area contributed by atoms with Gasteiger partial charge in [-0.1, -0.05) is 91.7 Å². The number of phenolic OH excluding ortho intramolecular Hbond substituents is 1. The Balaban J connectivity index is 1.36. The zero-order valence-corrected chi connectivity index (χ0v) is 23.3. The number of Topliss-reactive ketones (excluding diaryl/α,β-unsaturated/α-hetero) is 2. The molecule has 3 aromatic carbocycles. The maximum absolute atomic E-state index is 13.9. The highest BCUT2D eigenvalue weighted by molar-refractivity contribution is 6.43. The first kappa shape index (κ1) is 27.4. The molecule has 0 spiro atoms. The average molecular weight is 546 g/mol. The molecular weight excluding hydrogens is 511 g/mol. The quantitative estimate of drug-likeness (QED) is 0.189. The van der Waals surface area contributed by atoms with Gasteiger partial charge in [-0.05, 0) is 66.8 Å². The number of benzene rings is 3. The van der Waals surface area contributed by atoms with E-state index in [9.17, 15) is 19.7 Å². The van der Waals surface area contributed by atoms with Gasteiger partial charge in [0, 0.05) is 28.5 Å². The summed E-state index contributed by atoms with van der Waals surface area (Å²) in [6, 6.07) is 24.5. The van der Waals surface area contributed by atoms with Crippen molar-refractivity contribution in [2.24, 2.45) is 17.8 Å². The molecule has 6 heteroatoms. The average Bonchev–Trinajstić information content (AvgIpc) is 2.99. The van der Waals surface area contributed by atoms with Gasteiger partial charge in [0.15, 0.2) is 11.6 Å². The second-order valence-electron chi connectivity index (χ2n) is 11.5. The monoisotopic (exact) mass is 546 g/mol. The van der Waals surface area contributed by atoms with Crippen molar-refractivity contribution < 1.29 is 24.4 Å². The summed E-state index contributed by atoms with van der Waals surface area (Å²) in [5.74, 6) is -0.805. The van der Waals surface area contributed by atoms with Crippen LogP contribution in [-0.2, 0) is 4.65 Å². The zero-order valence-electron chi connectivity index (χ0n) is 23.3. The van der Waals surface area contributed by atoms with Crippen LogP contribution in [0.4, 0.5) is 0 Å². The lowest BCUT2D eigenvalue weighted by molar-refractivity contribution is 0.0599. The Kier molecular flexibility index (Phi) is 7.78. The highest BCUT2D eigenvalue weighted by Gasteiger charge is 2.53. The first-order valence-electron chi connectivity index (χ1n) is 14.7. The minimum Gasteiger partial charge on any atom is -0.507 e. The van der Waals surface area contributed by atoms with Gasteiger partial charge in [-0.2, -0.15) is 0 Å². The molecule has 3 aromatic rings. The fraction of sp³-hybridized carbons (Fsp3) is 0.314. The third-order valence-corrected chi connectivity index (χ3v) is 9.00. The highest BCUT2D eigenvalue weighted by Crippen LogP contribution is 2.51. The lowest BCUT2D eigenvalue weighted by Gasteiger charge is -2.47. The van der Waals surface area contributed by atoms with Crippen molar-refractivity contribution >= 4 is 30.3 Å². The Hall–Kier alpha value is -3.74. The van der Waals surface area contributed by atoms with Gasteiger partial charge >= 0.3 is 7.12 Å². The van der Waals surface area contributed by atoms with Crippen LogP contribution < -0.4 is 0 Å². The lowest BCUT2D eigenvalue weighted by atomic mass is 9.54. The topological polar surface area (TPSA) is 83.8 Å². The van der Waals surface area contributed by atoms with Gasteiger partial charge in [-0.15, -0.1) is 0 Å². The van der Waals surface area contributed by atoms with E-state index in [1.54, 1.807) is 24.3 Å². The van der Waals surface area contributed by atoms with Crippen LogP contribution in [-0.4, -0.2) is 34.9 Å². The molecule has 0 aromatic heterocycles. The molecule has 0 bridgehead atoms. The molecule has 0 unspecified atom stereocenters. The molecule has 1 fully saturated rings. The van der Waals surface area contributed by atoms with E-state index < -0.39 is 13.0 Å². The van der Waals surface area contributed by atoms with Gasteiger partial charge in [-0.25, -0.2) is 0 Å². The fourth-order valence-electron chi connectivity index (χ4n) is 7.24. The summed E-state index contributed by atoms with van der Waals surface area (Å²) in [5.41, 5.74) is 6.22. The molecule has 2 aliphatic carbocycles. The van der Waals surface area contributed by atoms with E-state index in [0.717, 1.165) is 35.1 Å². The van der Waals surface area contributed by atoms with E-state index in [4.69, 9.17) is 4.65 Å². The smallest absolute Gasteiger partial charge is 0.455 e. The van der Waals surface area contributed by atoms with Gasteiger partial charge in [-0.3, -0.25) is 9.59 Å². The van der Waals surface area contributed by atoms with Crippen molar-refractivity contribution in [1.82, 2.24) is 0 Å². The molecule has 1 heterocycles. The Labute approximate surface area is 241 Å². The number of carbonyl (C=O) groups excluding carboxylic acids is 2. The van der Waals surface area contributed by atoms with Gasteiger partial charge in [0.05, 0.1) is 6.10 Å². The molecule has 208 valence electrons. The fourth-order valence-corrected chi connectivity index (χ4v) is 7.24. The van der Waals surface area contributed by atoms with Crippen molar-refractivity contribution in [2.45, 2.75) is 51.5 Å². The van der Waals surface area contributed by atoms with Crippen molar-refractivity contribution in [1.29, 1.82) is 0 Å². The maximum atomic E-state index is 13.9. The highest BCUT2D eigenvalue weighted by atomic mass is 16.5. The van der Waals surface area contributed by atoms with Crippen molar-refractivity contribution in [3.8, 4) is 5.75 Å². The van der Waals surface area contributed by atoms with Gasteiger partial charge in [0.25, 0.3) is 0 Å². The maximum Gasteiger partial charge on any atom is 0.455 e. The molecule has 0 radical (unpaired) electrons. The number of rotatable bonds is 7. The Bertz CT molecular complexity index is 1520. The number of hydrogen-bond acceptors (Lipinski definition) is 5. The summed E-state index contributed by atoms with van der Waals surface area (Å²) in [5, 5.41) is 21.4. The minimum atomic E-state index is -1.00. The van der Waals surface area contributed by atoms with E-state index >= 15 is 0 Å². The van der Waals surface area contributed by atoms with E-state index in [1.165, 1.54) is 5.57 Å². The predicted molar refractivity (Wildman–Crippen MR) is 161 cm³/mol. The second kappa shape index (κ2) is 11.6. The lowest BCUT2D eigenvalue weighted by Crippen LogP contribution is -2.50. The Morgan fingerprint density at radius 2 is 1.61 bits per heavy atom. The number of fused-ring (bicyclic) bond motifs is 4. The molecule has 6 rings (SSSR count). The van der Waals surface area contributed by atoms with Crippen LogP contribution in [0.25, 0.3) is 11.6 Å². The van der Waals surface area contributed by atoms with Gasteiger partial charge in [0.2, 0.25) is 0 Å². The standard InChI is InChI=1S/C35H35BO5/c1-2-10-25-20-28-33(35(39)27-15-8-7-14-26(27)34(28)38)29-21-36(40)41-31(32(25)29)18-17-23(22-11-4-3-5-12-22)19-24-13-6-9-16-30(24)37/h3-9,11-16,19,28-29,31,33,37,40H,2,10,17-18,20-21H2,1H3/b23-19-/t28-,29+,31-,33-/m1/s1. The van der Waals surface area contributed by atoms with Crippen LogP contribution in [0.2, 0.25) is 6.32 Å². The van der Waals surface area contributed by atoms with Crippen LogP contribution in [0.3, 0.4) is 0 Å². The molecule has 5 nitrogen and oxygen atoms in total. The first-order valence-corrected chi connectivity index (χ1v) is 14.7. The predicted octanol–water partition coefficient (Wildman–Crippen LogP) is 7.02. The second-order valence-corrected chi connectivity index (χ2v) is 11.5. The van der Waals surface area contributed by atoms with Crippen LogP contribution in [0.5, 0.6) is 5.75 Å². The third kappa shape index (κ3) is 5.23. The van der Waals surface area contributed by atoms with Gasteiger partial charge < -0.3 is 14.8 Å². The number of hydrogen-bond donors (Lipinski definition) is 2. The molecule has 1 aliphatic heterocycles. The van der Waals surface area contributed by atoms with E-state index in [-0.39, 0.29) is 35.3 Å². The number of allylic oxidation sites excluding steroid dienone is 2. The molecule has 1 saturated heterocycles. The first-order chi connectivity index (χ1) is 20.0. The van der Waals surface area contributed by atoms with E-state index in [2.05, 4.69) is 19.1 Å². The summed E-state index contributed by atoms with van der Waals surface area (Å²) in [4.78, 5) is 27.5. The molecule has 2 N–H and O–H groups in total. The SMILES string of the molecule is CCCC1=C2[C@@H](CC/C(=C/c3ccccc3O)c3ccccc3)OB(O)C[C@@H]2[C@@H]2C(=O)c3ccccc3C(=O)[C@@H]2C1. The molecular formula is C35H35BO5. The third-order valence-electron chi connectivity index (χ3n) is 9.00. The van der Waals surface area contributed by atoms with Crippen molar-refractivity contribution in [3.05, 3.63) is 112 Å². The summed E-state index contributed by atoms with van der Waals surface area (Å²) in [7, 11) is -1.00. The molecule has 4 atom stereocenters.